The van der Waals surface area contributed by atoms with Crippen molar-refractivity contribution in [2.24, 2.45) is 16.8 Å². The van der Waals surface area contributed by atoms with Gasteiger partial charge in [-0.05, 0) is 25.1 Å². The predicted molar refractivity (Wildman–Crippen MR) is 108 cm³/mol. The molecule has 2 aromatic carbocycles. The highest BCUT2D eigenvalue weighted by Crippen LogP contribution is 2.50. The van der Waals surface area contributed by atoms with Gasteiger partial charge >= 0.3 is 0 Å². The number of amidine groups is 1. The molecule has 3 unspecified atom stereocenters. The standard InChI is InChI=1S/C22H24N4O3/c1-14-22(17-10-8-16(9-11-17)19(23)24-29)18(13-25(14)2)20(27)26(21(22)28)12-15-6-4-3-5-7-15/h3-11,14,18,29H,12-13H2,1-2H3,(H2,23,24). The van der Waals surface area contributed by atoms with Gasteiger partial charge in [0.25, 0.3) is 0 Å². The number of nitrogens with two attached hydrogens (primary N) is 1. The van der Waals surface area contributed by atoms with Gasteiger partial charge in [-0.2, -0.15) is 0 Å². The number of rotatable bonds is 4. The van der Waals surface area contributed by atoms with E-state index in [0.29, 0.717) is 12.1 Å². The maximum atomic E-state index is 13.7. The van der Waals surface area contributed by atoms with E-state index < -0.39 is 11.3 Å². The highest BCUT2D eigenvalue weighted by atomic mass is 16.4. The Balaban J connectivity index is 1.77. The lowest BCUT2D eigenvalue weighted by Crippen LogP contribution is -2.48. The third-order valence-electron chi connectivity index (χ3n) is 6.45. The van der Waals surface area contributed by atoms with E-state index in [9.17, 15) is 9.59 Å². The predicted octanol–water partition coefficient (Wildman–Crippen LogP) is 1.54. The summed E-state index contributed by atoms with van der Waals surface area (Å²) in [4.78, 5) is 30.5. The summed E-state index contributed by atoms with van der Waals surface area (Å²) in [5.41, 5.74) is 6.99. The molecule has 7 heteroatoms. The monoisotopic (exact) mass is 392 g/mol. The molecular formula is C22H24N4O3. The first-order valence-corrected chi connectivity index (χ1v) is 9.59. The lowest BCUT2D eigenvalue weighted by Gasteiger charge is -2.33. The number of nitrogens with zero attached hydrogens (tertiary/aromatic N) is 3. The molecule has 2 heterocycles. The first-order chi connectivity index (χ1) is 13.9. The van der Waals surface area contributed by atoms with Gasteiger partial charge in [-0.15, -0.1) is 0 Å². The lowest BCUT2D eigenvalue weighted by molar-refractivity contribution is -0.142. The topological polar surface area (TPSA) is 99.2 Å². The Morgan fingerprint density at radius 1 is 1.17 bits per heavy atom. The van der Waals surface area contributed by atoms with Gasteiger partial charge in [0.05, 0.1) is 12.5 Å². The van der Waals surface area contributed by atoms with E-state index in [4.69, 9.17) is 10.9 Å². The summed E-state index contributed by atoms with van der Waals surface area (Å²) < 4.78 is 0. The Kier molecular flexibility index (Phi) is 4.62. The molecule has 0 saturated carbocycles. The Bertz CT molecular complexity index is 973. The van der Waals surface area contributed by atoms with Crippen molar-refractivity contribution < 1.29 is 14.8 Å². The Labute approximate surface area is 169 Å². The van der Waals surface area contributed by atoms with Crippen LogP contribution in [-0.2, 0) is 21.5 Å². The second-order valence-corrected chi connectivity index (χ2v) is 7.81. The second-order valence-electron chi connectivity index (χ2n) is 7.81. The zero-order chi connectivity index (χ0) is 20.8. The number of carbonyl (C=O) groups excluding carboxylic acids is 2. The molecule has 0 bridgehead atoms. The van der Waals surface area contributed by atoms with E-state index in [-0.39, 0.29) is 30.2 Å². The third kappa shape index (κ3) is 2.73. The van der Waals surface area contributed by atoms with Crippen LogP contribution >= 0.6 is 0 Å². The van der Waals surface area contributed by atoms with Gasteiger partial charge in [-0.25, -0.2) is 0 Å². The second kappa shape index (κ2) is 7.00. The van der Waals surface area contributed by atoms with Crippen LogP contribution in [0.5, 0.6) is 0 Å². The minimum absolute atomic E-state index is 0.00159. The molecule has 0 aliphatic carbocycles. The minimum atomic E-state index is -0.940. The first-order valence-electron chi connectivity index (χ1n) is 9.59. The van der Waals surface area contributed by atoms with E-state index in [2.05, 4.69) is 10.1 Å². The number of oxime groups is 1. The Hall–Kier alpha value is -3.19. The summed E-state index contributed by atoms with van der Waals surface area (Å²) >= 11 is 0. The van der Waals surface area contributed by atoms with Crippen LogP contribution in [0.4, 0.5) is 0 Å². The van der Waals surface area contributed by atoms with Crippen molar-refractivity contribution in [2.75, 3.05) is 13.6 Å². The highest BCUT2D eigenvalue weighted by molar-refractivity contribution is 6.11. The van der Waals surface area contributed by atoms with Crippen LogP contribution in [0, 0.1) is 5.92 Å². The maximum Gasteiger partial charge on any atom is 0.242 e. The molecule has 150 valence electrons. The molecule has 3 atom stereocenters. The smallest absolute Gasteiger partial charge is 0.242 e. The number of fused-ring (bicyclic) bond motifs is 1. The molecule has 0 spiro atoms. The summed E-state index contributed by atoms with van der Waals surface area (Å²) in [7, 11) is 1.94. The number of amides is 2. The normalized spacial score (nSPS) is 27.5. The fraction of sp³-hybridized carbons (Fsp3) is 0.318. The van der Waals surface area contributed by atoms with Crippen molar-refractivity contribution in [1.29, 1.82) is 0 Å². The van der Waals surface area contributed by atoms with Crippen LogP contribution in [0.25, 0.3) is 0 Å². The molecule has 2 aliphatic rings. The molecule has 2 aliphatic heterocycles. The van der Waals surface area contributed by atoms with Crippen molar-refractivity contribution in [1.82, 2.24) is 9.80 Å². The minimum Gasteiger partial charge on any atom is -0.409 e. The maximum absolute atomic E-state index is 13.7. The lowest BCUT2D eigenvalue weighted by atomic mass is 9.69. The average molecular weight is 392 g/mol. The van der Waals surface area contributed by atoms with Crippen LogP contribution in [0.1, 0.15) is 23.6 Å². The Morgan fingerprint density at radius 3 is 2.45 bits per heavy atom. The molecule has 4 rings (SSSR count). The van der Waals surface area contributed by atoms with Crippen molar-refractivity contribution >= 4 is 17.6 Å². The number of likely N-dealkylation sites (N-methyl/N-ethyl adjacent to an activating group) is 1. The summed E-state index contributed by atoms with van der Waals surface area (Å²) in [5, 5.41) is 11.9. The molecule has 2 saturated heterocycles. The zero-order valence-corrected chi connectivity index (χ0v) is 16.4. The van der Waals surface area contributed by atoms with Crippen LogP contribution < -0.4 is 5.73 Å². The van der Waals surface area contributed by atoms with Gasteiger partial charge in [0.2, 0.25) is 11.8 Å². The van der Waals surface area contributed by atoms with E-state index in [1.807, 2.05) is 56.4 Å². The number of hydrogen-bond donors (Lipinski definition) is 2. The van der Waals surface area contributed by atoms with Crippen molar-refractivity contribution in [2.45, 2.75) is 24.9 Å². The van der Waals surface area contributed by atoms with Gasteiger partial charge in [-0.1, -0.05) is 59.8 Å². The van der Waals surface area contributed by atoms with E-state index in [1.165, 1.54) is 4.90 Å². The molecule has 29 heavy (non-hydrogen) atoms. The molecule has 2 fully saturated rings. The SMILES string of the molecule is CC1N(C)CC2C(=O)N(Cc3ccccc3)C(=O)C21c1ccc(C(N)=NO)cc1. The number of carbonyl (C=O) groups is 2. The highest BCUT2D eigenvalue weighted by Gasteiger charge is 2.67. The fourth-order valence-electron chi connectivity index (χ4n) is 4.80. The molecule has 0 aromatic heterocycles. The van der Waals surface area contributed by atoms with Gasteiger partial charge in [-0.3, -0.25) is 14.5 Å². The quantitative estimate of drug-likeness (QED) is 0.270. The molecule has 2 aromatic rings. The van der Waals surface area contributed by atoms with Crippen LogP contribution in [0.15, 0.2) is 59.8 Å². The van der Waals surface area contributed by atoms with E-state index in [1.54, 1.807) is 12.1 Å². The molecule has 2 amide bonds. The van der Waals surface area contributed by atoms with Crippen molar-refractivity contribution in [3.05, 3.63) is 71.3 Å². The molecular weight excluding hydrogens is 368 g/mol. The van der Waals surface area contributed by atoms with Gasteiger partial charge < -0.3 is 15.8 Å². The van der Waals surface area contributed by atoms with Gasteiger partial charge in [0.1, 0.15) is 5.41 Å². The zero-order valence-electron chi connectivity index (χ0n) is 16.4. The summed E-state index contributed by atoms with van der Waals surface area (Å²) in [5.74, 6) is -0.726. The number of benzene rings is 2. The largest absolute Gasteiger partial charge is 0.409 e. The molecule has 3 N–H and O–H groups in total. The van der Waals surface area contributed by atoms with Crippen molar-refractivity contribution in [3.63, 3.8) is 0 Å². The summed E-state index contributed by atoms with van der Waals surface area (Å²) in [6.07, 6.45) is 0. The molecule has 0 radical (unpaired) electrons. The van der Waals surface area contributed by atoms with E-state index >= 15 is 0 Å². The van der Waals surface area contributed by atoms with Gasteiger partial charge in [0, 0.05) is 18.2 Å². The molecule has 7 nitrogen and oxygen atoms in total. The first kappa shape index (κ1) is 19.1. The summed E-state index contributed by atoms with van der Waals surface area (Å²) in [6, 6.07) is 16.5. The van der Waals surface area contributed by atoms with E-state index in [0.717, 1.165) is 11.1 Å². The number of likely N-dealkylation sites (tertiary alicyclic amines) is 2. The third-order valence-corrected chi connectivity index (χ3v) is 6.45. The van der Waals surface area contributed by atoms with Crippen LogP contribution in [0.3, 0.4) is 0 Å². The number of imide groups is 1. The van der Waals surface area contributed by atoms with Crippen molar-refractivity contribution in [3.8, 4) is 0 Å². The fourth-order valence-corrected chi connectivity index (χ4v) is 4.80. The number of hydrogen-bond acceptors (Lipinski definition) is 5. The Morgan fingerprint density at radius 2 is 1.83 bits per heavy atom. The van der Waals surface area contributed by atoms with Crippen LogP contribution in [-0.4, -0.2) is 52.3 Å². The van der Waals surface area contributed by atoms with Gasteiger partial charge in [0.15, 0.2) is 5.84 Å². The van der Waals surface area contributed by atoms with Crippen LogP contribution in [0.2, 0.25) is 0 Å². The summed E-state index contributed by atoms with van der Waals surface area (Å²) in [6.45, 7) is 2.79. The average Bonchev–Trinajstić information content (AvgIpc) is 3.13.